The molecule has 4 rings (SSSR count). The number of amides is 2. The van der Waals surface area contributed by atoms with E-state index in [9.17, 15) is 27.7 Å². The summed E-state index contributed by atoms with van der Waals surface area (Å²) in [6.45, 7) is 5.76. The lowest BCUT2D eigenvalue weighted by molar-refractivity contribution is -0.132. The van der Waals surface area contributed by atoms with E-state index >= 15 is 0 Å². The second-order valence-corrected chi connectivity index (χ2v) is 17.1. The number of aliphatic hydroxyl groups excluding tert-OH is 1. The van der Waals surface area contributed by atoms with Crippen molar-refractivity contribution >= 4 is 43.8 Å². The maximum absolute atomic E-state index is 13.8. The number of sulfonamides is 1. The van der Waals surface area contributed by atoms with E-state index in [-0.39, 0.29) is 36.5 Å². The third-order valence-electron chi connectivity index (χ3n) is 8.72. The minimum atomic E-state index is -3.87. The van der Waals surface area contributed by atoms with Crippen molar-refractivity contribution in [3.05, 3.63) is 78.4 Å². The van der Waals surface area contributed by atoms with Crippen LogP contribution in [0.25, 0.3) is 10.8 Å². The molecule has 3 aromatic rings. The molecule has 10 nitrogen and oxygen atoms in total. The number of hydrogen-bond acceptors (Lipinski definition) is 7. The van der Waals surface area contributed by atoms with E-state index in [0.29, 0.717) is 17.7 Å². The fourth-order valence-electron chi connectivity index (χ4n) is 6.36. The van der Waals surface area contributed by atoms with E-state index in [0.717, 1.165) is 29.0 Å². The minimum absolute atomic E-state index is 0.0692. The standard InChI is InChI=1S/C36H49N3O7S2/c1-36(2,3)38-34(41)30-22-28(46-4)17-15-27(30)21-33(40)31(19-24-11-7-6-8-12-24)37-35(42)32(39-48(5,44)45)23-47(43)29-18-16-25-13-9-10-14-26(25)20-29/h6-14,16,18,20,27-28,30-33,39-40H,15,17,19,21-23H2,1-5H3,(H,37,42)(H,38,41). The van der Waals surface area contributed by atoms with Crippen molar-refractivity contribution in [3.8, 4) is 0 Å². The van der Waals surface area contributed by atoms with Gasteiger partial charge in [-0.15, -0.1) is 0 Å². The van der Waals surface area contributed by atoms with Gasteiger partial charge >= 0.3 is 0 Å². The molecule has 0 bridgehead atoms. The lowest BCUT2D eigenvalue weighted by Crippen LogP contribution is -2.55. The van der Waals surface area contributed by atoms with Gasteiger partial charge in [0, 0.05) is 24.6 Å². The van der Waals surface area contributed by atoms with Crippen LogP contribution in [0.15, 0.2) is 77.7 Å². The van der Waals surface area contributed by atoms with Gasteiger partial charge in [0.25, 0.3) is 0 Å². The van der Waals surface area contributed by atoms with E-state index < -0.39 is 56.8 Å². The fourth-order valence-corrected chi connectivity index (χ4v) is 8.38. The summed E-state index contributed by atoms with van der Waals surface area (Å²) < 4.78 is 46.2. The third kappa shape index (κ3) is 11.3. The van der Waals surface area contributed by atoms with Gasteiger partial charge in [0.2, 0.25) is 21.8 Å². The molecule has 7 atom stereocenters. The quantitative estimate of drug-likeness (QED) is 0.187. The number of rotatable bonds is 14. The van der Waals surface area contributed by atoms with Crippen LogP contribution in [0.3, 0.4) is 0 Å². The number of benzene rings is 3. The molecule has 262 valence electrons. The van der Waals surface area contributed by atoms with Crippen molar-refractivity contribution in [3.63, 3.8) is 0 Å². The Morgan fingerprint density at radius 2 is 1.69 bits per heavy atom. The van der Waals surface area contributed by atoms with E-state index in [4.69, 9.17) is 4.74 Å². The lowest BCUT2D eigenvalue weighted by atomic mass is 9.73. The molecule has 48 heavy (non-hydrogen) atoms. The lowest BCUT2D eigenvalue weighted by Gasteiger charge is -2.38. The van der Waals surface area contributed by atoms with Gasteiger partial charge in [-0.2, -0.15) is 4.72 Å². The SMILES string of the molecule is COC1CCC(CC(O)C(Cc2ccccc2)NC(=O)C(C[S+]([O-])c2ccc3ccccc3c2)NS(C)(=O)=O)C(C(=O)NC(C)(C)C)C1. The summed E-state index contributed by atoms with van der Waals surface area (Å²) in [5.41, 5.74) is 0.429. The average Bonchev–Trinajstić information content (AvgIpc) is 3.03. The summed E-state index contributed by atoms with van der Waals surface area (Å²) in [5, 5.41) is 19.5. The molecule has 7 unspecified atom stereocenters. The number of hydrogen-bond donors (Lipinski definition) is 4. The highest BCUT2D eigenvalue weighted by atomic mass is 32.2. The van der Waals surface area contributed by atoms with E-state index in [1.54, 1.807) is 19.2 Å². The number of methoxy groups -OCH3 is 1. The Labute approximate surface area is 287 Å². The van der Waals surface area contributed by atoms with Crippen molar-refractivity contribution in [2.24, 2.45) is 11.8 Å². The predicted octanol–water partition coefficient (Wildman–Crippen LogP) is 3.69. The number of fused-ring (bicyclic) bond motifs is 1. The molecule has 0 heterocycles. The van der Waals surface area contributed by atoms with Gasteiger partial charge in [-0.05, 0) is 98.4 Å². The van der Waals surface area contributed by atoms with Crippen LogP contribution in [0.1, 0.15) is 52.0 Å². The summed E-state index contributed by atoms with van der Waals surface area (Å²) in [6.07, 6.45) is 2.24. The second-order valence-electron chi connectivity index (χ2n) is 13.8. The highest BCUT2D eigenvalue weighted by Crippen LogP contribution is 2.36. The van der Waals surface area contributed by atoms with Gasteiger partial charge in [-0.1, -0.05) is 54.6 Å². The van der Waals surface area contributed by atoms with Gasteiger partial charge in [-0.25, -0.2) is 8.42 Å². The Hall–Kier alpha value is -3.00. The minimum Gasteiger partial charge on any atom is -0.611 e. The van der Waals surface area contributed by atoms with Crippen molar-refractivity contribution in [2.45, 2.75) is 87.6 Å². The van der Waals surface area contributed by atoms with Gasteiger partial charge in [-0.3, -0.25) is 9.59 Å². The maximum atomic E-state index is 13.8. The molecule has 4 N–H and O–H groups in total. The third-order valence-corrected chi connectivity index (χ3v) is 10.9. The van der Waals surface area contributed by atoms with Crippen LogP contribution in [0.5, 0.6) is 0 Å². The van der Waals surface area contributed by atoms with Crippen LogP contribution in [0.4, 0.5) is 0 Å². The Morgan fingerprint density at radius 1 is 1.02 bits per heavy atom. The topological polar surface area (TPSA) is 157 Å². The summed E-state index contributed by atoms with van der Waals surface area (Å²) in [6, 6.07) is 20.1. The van der Waals surface area contributed by atoms with Crippen molar-refractivity contribution < 1.29 is 32.4 Å². The maximum Gasteiger partial charge on any atom is 0.243 e. The monoisotopic (exact) mass is 699 g/mol. The van der Waals surface area contributed by atoms with Crippen molar-refractivity contribution in [2.75, 3.05) is 19.1 Å². The van der Waals surface area contributed by atoms with Gasteiger partial charge in [0.05, 0.1) is 24.5 Å². The molecule has 1 fully saturated rings. The smallest absolute Gasteiger partial charge is 0.243 e. The first kappa shape index (κ1) is 37.8. The Bertz CT molecular complexity index is 1630. The fraction of sp³-hybridized carbons (Fsp3) is 0.500. The zero-order valence-electron chi connectivity index (χ0n) is 28.3. The largest absolute Gasteiger partial charge is 0.611 e. The number of ether oxygens (including phenoxy) is 1. The van der Waals surface area contributed by atoms with Crippen LogP contribution in [-0.2, 0) is 41.9 Å². The summed E-state index contributed by atoms with van der Waals surface area (Å²) in [7, 11) is -2.24. The molecule has 12 heteroatoms. The van der Waals surface area contributed by atoms with Crippen LogP contribution >= 0.6 is 0 Å². The zero-order valence-corrected chi connectivity index (χ0v) is 30.0. The molecule has 3 aromatic carbocycles. The molecule has 1 aliphatic rings. The normalized spacial score (nSPS) is 21.2. The Morgan fingerprint density at radius 3 is 2.33 bits per heavy atom. The molecule has 0 aromatic heterocycles. The van der Waals surface area contributed by atoms with Crippen molar-refractivity contribution in [1.29, 1.82) is 0 Å². The molecule has 1 aliphatic carbocycles. The molecule has 1 saturated carbocycles. The van der Waals surface area contributed by atoms with E-state index in [1.807, 2.05) is 81.4 Å². The number of aliphatic hydroxyl groups is 1. The molecular formula is C36H49N3O7S2. The molecule has 0 aliphatic heterocycles. The summed E-state index contributed by atoms with van der Waals surface area (Å²) in [4.78, 5) is 27.7. The number of nitrogens with one attached hydrogen (secondary N) is 3. The van der Waals surface area contributed by atoms with E-state index in [2.05, 4.69) is 15.4 Å². The van der Waals surface area contributed by atoms with Crippen LogP contribution in [0.2, 0.25) is 0 Å². The van der Waals surface area contributed by atoms with E-state index in [1.165, 1.54) is 0 Å². The van der Waals surface area contributed by atoms with Gasteiger partial charge in [0.15, 0.2) is 4.90 Å². The highest BCUT2D eigenvalue weighted by Gasteiger charge is 2.39. The summed E-state index contributed by atoms with van der Waals surface area (Å²) >= 11 is -1.72. The summed E-state index contributed by atoms with van der Waals surface area (Å²) in [5.74, 6) is -1.66. The number of carbonyl (C=O) groups is 2. The first-order valence-electron chi connectivity index (χ1n) is 16.3. The first-order chi connectivity index (χ1) is 22.6. The van der Waals surface area contributed by atoms with Crippen LogP contribution in [0, 0.1) is 11.8 Å². The zero-order chi connectivity index (χ0) is 35.1. The molecular weight excluding hydrogens is 651 g/mol. The Kier molecular flexibility index (Phi) is 13.1. The molecule has 0 radical (unpaired) electrons. The van der Waals surface area contributed by atoms with Crippen LogP contribution < -0.4 is 15.4 Å². The molecule has 2 amide bonds. The highest BCUT2D eigenvalue weighted by molar-refractivity contribution is 7.91. The molecule has 0 spiro atoms. The average molecular weight is 700 g/mol. The Balaban J connectivity index is 1.56. The molecule has 0 saturated heterocycles. The number of carbonyl (C=O) groups excluding carboxylic acids is 2. The first-order valence-corrected chi connectivity index (χ1v) is 19.5. The second kappa shape index (κ2) is 16.6. The predicted molar refractivity (Wildman–Crippen MR) is 189 cm³/mol. The van der Waals surface area contributed by atoms with Crippen molar-refractivity contribution in [1.82, 2.24) is 15.4 Å². The van der Waals surface area contributed by atoms with Gasteiger partial charge in [0.1, 0.15) is 11.8 Å². The van der Waals surface area contributed by atoms with Gasteiger partial charge < -0.3 is 25.0 Å². The van der Waals surface area contributed by atoms with Crippen LogP contribution in [-0.4, -0.2) is 78.8 Å².